The second-order valence-corrected chi connectivity index (χ2v) is 6.87. The Morgan fingerprint density at radius 3 is 3.08 bits per heavy atom. The number of hydrogen-bond acceptors (Lipinski definition) is 5. The number of carbonyl (C=O) groups excluding carboxylic acids is 1. The summed E-state index contributed by atoms with van der Waals surface area (Å²) in [6.45, 7) is 3.57. The molecule has 3 rings (SSSR count). The molecule has 0 fully saturated rings. The van der Waals surface area contributed by atoms with Gasteiger partial charge in [0.1, 0.15) is 16.8 Å². The Bertz CT molecular complexity index is 878. The van der Waals surface area contributed by atoms with E-state index in [2.05, 4.69) is 16.7 Å². The SMILES string of the molecule is COc1c(C)cccc1C=CC(=O)Nc1sc2c(c1C#N)CCNC2. The summed E-state index contributed by atoms with van der Waals surface area (Å²) in [5.41, 5.74) is 3.50. The first-order chi connectivity index (χ1) is 12.1. The minimum absolute atomic E-state index is 0.258. The second-order valence-electron chi connectivity index (χ2n) is 5.77. The maximum atomic E-state index is 12.3. The van der Waals surface area contributed by atoms with Crippen LogP contribution in [0.1, 0.15) is 27.1 Å². The van der Waals surface area contributed by atoms with E-state index in [0.717, 1.165) is 46.8 Å². The molecular formula is C19H19N3O2S. The number of nitrogens with one attached hydrogen (secondary N) is 2. The van der Waals surface area contributed by atoms with Crippen molar-refractivity contribution in [2.24, 2.45) is 0 Å². The molecule has 0 saturated heterocycles. The first-order valence-corrected chi connectivity index (χ1v) is 8.83. The van der Waals surface area contributed by atoms with Crippen LogP contribution in [0.5, 0.6) is 5.75 Å². The molecule has 1 aliphatic rings. The minimum Gasteiger partial charge on any atom is -0.496 e. The number of benzene rings is 1. The fourth-order valence-corrected chi connectivity index (χ4v) is 4.12. The molecule has 5 nitrogen and oxygen atoms in total. The zero-order valence-electron chi connectivity index (χ0n) is 14.2. The Morgan fingerprint density at radius 2 is 2.32 bits per heavy atom. The fourth-order valence-electron chi connectivity index (χ4n) is 2.95. The summed E-state index contributed by atoms with van der Waals surface area (Å²) >= 11 is 1.47. The number of nitriles is 1. The molecule has 0 radical (unpaired) electrons. The van der Waals surface area contributed by atoms with Gasteiger partial charge in [-0.3, -0.25) is 4.79 Å². The molecule has 0 saturated carbocycles. The topological polar surface area (TPSA) is 74.1 Å². The predicted octanol–water partition coefficient (Wildman–Crippen LogP) is 3.23. The van der Waals surface area contributed by atoms with Crippen LogP contribution in [0.3, 0.4) is 0 Å². The molecule has 1 aromatic carbocycles. The number of thiophene rings is 1. The number of amides is 1. The molecule has 2 N–H and O–H groups in total. The summed E-state index contributed by atoms with van der Waals surface area (Å²) < 4.78 is 5.39. The lowest BCUT2D eigenvalue weighted by Crippen LogP contribution is -2.22. The Kier molecular flexibility index (Phi) is 5.17. The van der Waals surface area contributed by atoms with E-state index in [1.165, 1.54) is 17.4 Å². The number of methoxy groups -OCH3 is 1. The van der Waals surface area contributed by atoms with Gasteiger partial charge in [-0.25, -0.2) is 0 Å². The number of nitrogens with zero attached hydrogens (tertiary/aromatic N) is 1. The van der Waals surface area contributed by atoms with Crippen LogP contribution in [0.4, 0.5) is 5.00 Å². The molecule has 0 atom stereocenters. The van der Waals surface area contributed by atoms with Gasteiger partial charge in [0.25, 0.3) is 0 Å². The van der Waals surface area contributed by atoms with Crippen molar-refractivity contribution in [2.45, 2.75) is 19.9 Å². The molecule has 0 spiro atoms. The minimum atomic E-state index is -0.258. The number of fused-ring (bicyclic) bond motifs is 1. The smallest absolute Gasteiger partial charge is 0.249 e. The van der Waals surface area contributed by atoms with Crippen molar-refractivity contribution < 1.29 is 9.53 Å². The summed E-state index contributed by atoms with van der Waals surface area (Å²) in [6.07, 6.45) is 4.01. The van der Waals surface area contributed by atoms with E-state index in [0.29, 0.717) is 10.6 Å². The molecule has 6 heteroatoms. The van der Waals surface area contributed by atoms with Crippen molar-refractivity contribution in [3.8, 4) is 11.8 Å². The summed E-state index contributed by atoms with van der Waals surface area (Å²) in [6, 6.07) is 8.01. The molecule has 1 aliphatic heterocycles. The van der Waals surface area contributed by atoms with Crippen LogP contribution < -0.4 is 15.4 Å². The van der Waals surface area contributed by atoms with E-state index in [-0.39, 0.29) is 5.91 Å². The number of aryl methyl sites for hydroxylation is 1. The van der Waals surface area contributed by atoms with Gasteiger partial charge in [0.05, 0.1) is 12.7 Å². The van der Waals surface area contributed by atoms with Crippen LogP contribution in [-0.4, -0.2) is 19.6 Å². The van der Waals surface area contributed by atoms with Gasteiger partial charge in [0, 0.05) is 23.1 Å². The van der Waals surface area contributed by atoms with E-state index >= 15 is 0 Å². The Balaban J connectivity index is 1.79. The summed E-state index contributed by atoms with van der Waals surface area (Å²) in [7, 11) is 1.61. The van der Waals surface area contributed by atoms with E-state index in [1.54, 1.807) is 13.2 Å². The lowest BCUT2D eigenvalue weighted by Gasteiger charge is -2.11. The highest BCUT2D eigenvalue weighted by atomic mass is 32.1. The van der Waals surface area contributed by atoms with Crippen molar-refractivity contribution in [3.05, 3.63) is 51.4 Å². The van der Waals surface area contributed by atoms with Crippen LogP contribution in [0.25, 0.3) is 6.08 Å². The third-order valence-corrected chi connectivity index (χ3v) is 5.28. The summed E-state index contributed by atoms with van der Waals surface area (Å²) in [4.78, 5) is 13.4. The molecule has 128 valence electrons. The van der Waals surface area contributed by atoms with E-state index in [4.69, 9.17) is 4.74 Å². The molecule has 0 bridgehead atoms. The molecular weight excluding hydrogens is 334 g/mol. The van der Waals surface area contributed by atoms with E-state index in [9.17, 15) is 10.1 Å². The van der Waals surface area contributed by atoms with Crippen molar-refractivity contribution in [2.75, 3.05) is 19.0 Å². The fraction of sp³-hybridized carbons (Fsp3) is 0.263. The van der Waals surface area contributed by atoms with Gasteiger partial charge >= 0.3 is 0 Å². The third-order valence-electron chi connectivity index (χ3n) is 4.14. The van der Waals surface area contributed by atoms with E-state index < -0.39 is 0 Å². The number of rotatable bonds is 4. The highest BCUT2D eigenvalue weighted by molar-refractivity contribution is 7.16. The maximum absolute atomic E-state index is 12.3. The van der Waals surface area contributed by atoms with Gasteiger partial charge in [-0.2, -0.15) is 5.26 Å². The number of hydrogen-bond donors (Lipinski definition) is 2. The zero-order chi connectivity index (χ0) is 17.8. The van der Waals surface area contributed by atoms with Gasteiger partial charge in [0.2, 0.25) is 5.91 Å². The van der Waals surface area contributed by atoms with Crippen molar-refractivity contribution in [1.29, 1.82) is 5.26 Å². The third kappa shape index (κ3) is 3.58. The Morgan fingerprint density at radius 1 is 1.48 bits per heavy atom. The highest BCUT2D eigenvalue weighted by Crippen LogP contribution is 2.34. The lowest BCUT2D eigenvalue weighted by molar-refractivity contribution is -0.111. The normalized spacial score (nSPS) is 13.3. The Hall–Kier alpha value is -2.62. The standard InChI is InChI=1S/C19H19N3O2S/c1-12-4-3-5-13(18(12)24-2)6-7-17(23)22-19-15(10-20)14-8-9-21-11-16(14)25-19/h3-7,21H,8-9,11H2,1-2H3,(H,22,23). The van der Waals surface area contributed by atoms with Crippen molar-refractivity contribution in [3.63, 3.8) is 0 Å². The predicted molar refractivity (Wildman–Crippen MR) is 99.8 cm³/mol. The zero-order valence-corrected chi connectivity index (χ0v) is 15.0. The molecule has 25 heavy (non-hydrogen) atoms. The first kappa shape index (κ1) is 17.2. The van der Waals surface area contributed by atoms with Crippen molar-refractivity contribution >= 4 is 28.3 Å². The van der Waals surface area contributed by atoms with Crippen LogP contribution in [0.15, 0.2) is 24.3 Å². The number of para-hydroxylation sites is 1. The Labute approximate surface area is 150 Å². The quantitative estimate of drug-likeness (QED) is 0.828. The van der Waals surface area contributed by atoms with E-state index in [1.807, 2.05) is 25.1 Å². The molecule has 1 amide bonds. The second kappa shape index (κ2) is 7.51. The number of carbonyl (C=O) groups is 1. The molecule has 1 aromatic heterocycles. The van der Waals surface area contributed by atoms with Crippen molar-refractivity contribution in [1.82, 2.24) is 5.32 Å². The van der Waals surface area contributed by atoms with Gasteiger partial charge in [-0.15, -0.1) is 11.3 Å². The number of ether oxygens (including phenoxy) is 1. The van der Waals surface area contributed by atoms with Crippen LogP contribution in [0, 0.1) is 18.3 Å². The monoisotopic (exact) mass is 353 g/mol. The van der Waals surface area contributed by atoms with Gasteiger partial charge < -0.3 is 15.4 Å². The molecule has 2 aromatic rings. The first-order valence-electron chi connectivity index (χ1n) is 8.02. The number of anilines is 1. The highest BCUT2D eigenvalue weighted by Gasteiger charge is 2.21. The maximum Gasteiger partial charge on any atom is 0.249 e. The lowest BCUT2D eigenvalue weighted by atomic mass is 10.1. The van der Waals surface area contributed by atoms with Gasteiger partial charge in [-0.1, -0.05) is 18.2 Å². The van der Waals surface area contributed by atoms with Crippen LogP contribution in [0.2, 0.25) is 0 Å². The largest absolute Gasteiger partial charge is 0.496 e. The van der Waals surface area contributed by atoms with Crippen LogP contribution in [-0.2, 0) is 17.8 Å². The van der Waals surface area contributed by atoms with Gasteiger partial charge in [0.15, 0.2) is 0 Å². The van der Waals surface area contributed by atoms with Crippen LogP contribution >= 0.6 is 11.3 Å². The molecule has 2 heterocycles. The molecule has 0 unspecified atom stereocenters. The summed E-state index contributed by atoms with van der Waals surface area (Å²) in [5.74, 6) is 0.494. The van der Waals surface area contributed by atoms with Gasteiger partial charge in [-0.05, 0) is 37.1 Å². The summed E-state index contributed by atoms with van der Waals surface area (Å²) in [5, 5.41) is 16.2. The average molecular weight is 353 g/mol. The average Bonchev–Trinajstić information content (AvgIpc) is 2.96. The molecule has 0 aliphatic carbocycles.